The number of halogens is 6. The third-order valence-electron chi connectivity index (χ3n) is 6.19. The van der Waals surface area contributed by atoms with Crippen molar-refractivity contribution in [3.05, 3.63) is 75.0 Å². The third-order valence-corrected chi connectivity index (χ3v) is 6.19. The Bertz CT molecular complexity index is 1150. The summed E-state index contributed by atoms with van der Waals surface area (Å²) in [6.45, 7) is 3.28. The minimum Gasteiger partial charge on any atom is -0.512 e. The zero-order chi connectivity index (χ0) is 23.6. The first-order chi connectivity index (χ1) is 14.8. The highest BCUT2D eigenvalue weighted by Crippen LogP contribution is 2.50. The van der Waals surface area contributed by atoms with Crippen LogP contribution in [0.5, 0.6) is 5.75 Å². The van der Waals surface area contributed by atoms with Crippen molar-refractivity contribution in [3.63, 3.8) is 0 Å². The molecule has 2 aliphatic carbocycles. The molecule has 0 saturated carbocycles. The van der Waals surface area contributed by atoms with Crippen LogP contribution in [0.1, 0.15) is 71.9 Å². The molecular weight excluding hydrogens is 434 g/mol. The molecule has 32 heavy (non-hydrogen) atoms. The van der Waals surface area contributed by atoms with Crippen LogP contribution in [0.25, 0.3) is 11.6 Å². The van der Waals surface area contributed by atoms with Crippen molar-refractivity contribution in [2.45, 2.75) is 50.9 Å². The van der Waals surface area contributed by atoms with Gasteiger partial charge < -0.3 is 10.2 Å². The molecule has 2 N–H and O–H groups in total. The second-order valence-corrected chi connectivity index (χ2v) is 8.46. The van der Waals surface area contributed by atoms with Gasteiger partial charge in [-0.1, -0.05) is 26.0 Å². The van der Waals surface area contributed by atoms with Crippen LogP contribution in [0.3, 0.4) is 0 Å². The van der Waals surface area contributed by atoms with Crippen LogP contribution in [-0.4, -0.2) is 16.4 Å². The molecule has 2 aliphatic rings. The molecule has 0 aliphatic heterocycles. The molecule has 2 aromatic carbocycles. The zero-order valence-corrected chi connectivity index (χ0v) is 17.2. The second-order valence-electron chi connectivity index (χ2n) is 8.46. The number of hydrogen-bond donors (Lipinski definition) is 2. The lowest BCUT2D eigenvalue weighted by Gasteiger charge is -2.31. The first kappa shape index (κ1) is 22.3. The van der Waals surface area contributed by atoms with E-state index in [9.17, 15) is 36.6 Å². The summed E-state index contributed by atoms with van der Waals surface area (Å²) >= 11 is 0. The number of phenolic OH excluding ortho intramolecular Hbond substituents is 1. The number of aromatic hydroxyl groups is 1. The summed E-state index contributed by atoms with van der Waals surface area (Å²) in [5.41, 5.74) is 0.190. The monoisotopic (exact) mass is 454 g/mol. The summed E-state index contributed by atoms with van der Waals surface area (Å²) in [6.07, 6.45) is -8.28. The van der Waals surface area contributed by atoms with E-state index in [-0.39, 0.29) is 41.1 Å². The SMILES string of the molecule is CC1CC(O)=C(c2c(O)ccc3c2[C@@H](C)CC(C(F)(F)F)=C3)c2ccc(C(F)(F)F)cc21. The van der Waals surface area contributed by atoms with Gasteiger partial charge in [0.05, 0.1) is 5.56 Å². The molecule has 0 fully saturated rings. The maximum absolute atomic E-state index is 13.3. The number of allylic oxidation sites excluding steroid dienone is 2. The number of aliphatic hydroxyl groups is 1. The molecule has 0 saturated heterocycles. The summed E-state index contributed by atoms with van der Waals surface area (Å²) in [7, 11) is 0. The van der Waals surface area contributed by atoms with Crippen LogP contribution in [0.15, 0.2) is 41.7 Å². The van der Waals surface area contributed by atoms with Gasteiger partial charge in [0.15, 0.2) is 0 Å². The van der Waals surface area contributed by atoms with Gasteiger partial charge in [0, 0.05) is 23.1 Å². The van der Waals surface area contributed by atoms with Gasteiger partial charge in [0.2, 0.25) is 0 Å². The predicted octanol–water partition coefficient (Wildman–Crippen LogP) is 7.69. The van der Waals surface area contributed by atoms with Crippen molar-refractivity contribution in [2.75, 3.05) is 0 Å². The van der Waals surface area contributed by atoms with Crippen LogP contribution in [0.4, 0.5) is 26.3 Å². The number of fused-ring (bicyclic) bond motifs is 2. The Hall–Kier alpha value is -2.90. The fourth-order valence-corrected chi connectivity index (χ4v) is 4.73. The van der Waals surface area contributed by atoms with Crippen LogP contribution in [0.2, 0.25) is 0 Å². The molecule has 0 amide bonds. The lowest BCUT2D eigenvalue weighted by Crippen LogP contribution is -2.19. The van der Waals surface area contributed by atoms with Gasteiger partial charge in [-0.05, 0) is 64.8 Å². The van der Waals surface area contributed by atoms with Gasteiger partial charge in [-0.2, -0.15) is 26.3 Å². The fourth-order valence-electron chi connectivity index (χ4n) is 4.73. The second kappa shape index (κ2) is 7.32. The van der Waals surface area contributed by atoms with Crippen molar-refractivity contribution >= 4 is 11.6 Å². The largest absolute Gasteiger partial charge is 0.512 e. The summed E-state index contributed by atoms with van der Waals surface area (Å²) in [5, 5.41) is 21.5. The van der Waals surface area contributed by atoms with Crippen LogP contribution < -0.4 is 0 Å². The molecule has 8 heteroatoms. The highest BCUT2D eigenvalue weighted by Gasteiger charge is 2.39. The highest BCUT2D eigenvalue weighted by molar-refractivity contribution is 5.90. The lowest BCUT2D eigenvalue weighted by molar-refractivity contribution is -0.137. The average molecular weight is 454 g/mol. The van der Waals surface area contributed by atoms with E-state index in [0.29, 0.717) is 16.7 Å². The summed E-state index contributed by atoms with van der Waals surface area (Å²) < 4.78 is 79.7. The molecular formula is C24H20F6O2. The van der Waals surface area contributed by atoms with E-state index < -0.39 is 35.3 Å². The Morgan fingerprint density at radius 3 is 2.16 bits per heavy atom. The number of hydrogen-bond acceptors (Lipinski definition) is 2. The normalized spacial score (nSPS) is 21.2. The Morgan fingerprint density at radius 2 is 1.53 bits per heavy atom. The summed E-state index contributed by atoms with van der Waals surface area (Å²) in [6, 6.07) is 5.82. The lowest BCUT2D eigenvalue weighted by atomic mass is 9.74. The van der Waals surface area contributed by atoms with E-state index in [1.165, 1.54) is 18.2 Å². The predicted molar refractivity (Wildman–Crippen MR) is 108 cm³/mol. The van der Waals surface area contributed by atoms with E-state index in [4.69, 9.17) is 0 Å². The van der Waals surface area contributed by atoms with Gasteiger partial charge in [-0.3, -0.25) is 0 Å². The van der Waals surface area contributed by atoms with Crippen molar-refractivity contribution in [1.29, 1.82) is 0 Å². The molecule has 0 radical (unpaired) electrons. The van der Waals surface area contributed by atoms with Crippen LogP contribution in [0, 0.1) is 0 Å². The third kappa shape index (κ3) is 3.65. The summed E-state index contributed by atoms with van der Waals surface area (Å²) in [5.74, 6) is -1.41. The van der Waals surface area contributed by atoms with Gasteiger partial charge in [0.1, 0.15) is 11.5 Å². The van der Waals surface area contributed by atoms with Crippen molar-refractivity contribution < 1.29 is 36.6 Å². The minimum atomic E-state index is -4.54. The molecule has 0 bridgehead atoms. The Labute approximate surface area is 180 Å². The number of alkyl halides is 6. The smallest absolute Gasteiger partial charge is 0.416 e. The molecule has 0 heterocycles. The molecule has 2 nitrogen and oxygen atoms in total. The standard InChI is InChI=1S/C24H20F6O2/c1-11-8-19(32)21(16-5-4-14(10-17(11)16)23(25,26)27)22-18(31)6-3-13-9-15(24(28,29)30)7-12(2)20(13)22/h3-6,9-12,31-32H,7-8H2,1-2H3/t11?,12-/m0/s1. The van der Waals surface area contributed by atoms with Gasteiger partial charge in [0.25, 0.3) is 0 Å². The van der Waals surface area contributed by atoms with Gasteiger partial charge in [-0.25, -0.2) is 0 Å². The number of benzene rings is 2. The van der Waals surface area contributed by atoms with Gasteiger partial charge >= 0.3 is 12.4 Å². The van der Waals surface area contributed by atoms with Gasteiger partial charge in [-0.15, -0.1) is 0 Å². The zero-order valence-electron chi connectivity index (χ0n) is 17.2. The Morgan fingerprint density at radius 1 is 0.844 bits per heavy atom. The number of rotatable bonds is 1. The first-order valence-electron chi connectivity index (χ1n) is 10.1. The summed E-state index contributed by atoms with van der Waals surface area (Å²) in [4.78, 5) is 0. The molecule has 170 valence electrons. The molecule has 1 unspecified atom stereocenters. The fraction of sp³-hybridized carbons (Fsp3) is 0.333. The minimum absolute atomic E-state index is 0.0464. The average Bonchev–Trinajstić information content (AvgIpc) is 2.67. The van der Waals surface area contributed by atoms with Crippen molar-refractivity contribution in [3.8, 4) is 5.75 Å². The first-order valence-corrected chi connectivity index (χ1v) is 10.1. The molecule has 0 spiro atoms. The number of phenols is 1. The molecule has 4 rings (SSSR count). The van der Waals surface area contributed by atoms with Crippen molar-refractivity contribution in [1.82, 2.24) is 0 Å². The Balaban J connectivity index is 1.96. The number of aliphatic hydroxyl groups excluding tert-OH is 1. The van der Waals surface area contributed by atoms with Crippen molar-refractivity contribution in [2.24, 2.45) is 0 Å². The topological polar surface area (TPSA) is 40.5 Å². The molecule has 0 aromatic heterocycles. The highest BCUT2D eigenvalue weighted by atomic mass is 19.4. The Kier molecular flexibility index (Phi) is 5.10. The quantitative estimate of drug-likeness (QED) is 0.434. The van der Waals surface area contributed by atoms with E-state index in [2.05, 4.69) is 0 Å². The maximum atomic E-state index is 13.3. The maximum Gasteiger partial charge on any atom is 0.416 e. The molecule has 2 atom stereocenters. The van der Waals surface area contributed by atoms with Crippen LogP contribution in [-0.2, 0) is 6.18 Å². The van der Waals surface area contributed by atoms with E-state index in [1.807, 2.05) is 0 Å². The van der Waals surface area contributed by atoms with E-state index >= 15 is 0 Å². The van der Waals surface area contributed by atoms with Crippen LogP contribution >= 0.6 is 0 Å². The van der Waals surface area contributed by atoms with E-state index in [1.54, 1.807) is 13.8 Å². The molecule has 2 aromatic rings. The van der Waals surface area contributed by atoms with E-state index in [0.717, 1.165) is 18.2 Å².